The average molecular weight is 395 g/mol. The van der Waals surface area contributed by atoms with Crippen LogP contribution < -0.4 is 10.9 Å². The van der Waals surface area contributed by atoms with Crippen LogP contribution in [0, 0.1) is 5.82 Å². The second-order valence-electron chi connectivity index (χ2n) is 6.55. The van der Waals surface area contributed by atoms with Crippen LogP contribution in [-0.2, 0) is 24.3 Å². The number of benzene rings is 1. The first-order chi connectivity index (χ1) is 14.1. The third-order valence-corrected chi connectivity index (χ3v) is 4.55. The summed E-state index contributed by atoms with van der Waals surface area (Å²) in [6.45, 7) is 1.39. The van der Waals surface area contributed by atoms with E-state index < -0.39 is 0 Å². The minimum absolute atomic E-state index is 0.182. The number of rotatable bonds is 5. The van der Waals surface area contributed by atoms with Crippen molar-refractivity contribution >= 4 is 5.91 Å². The molecule has 4 rings (SSSR count). The molecule has 1 N–H and O–H groups in total. The van der Waals surface area contributed by atoms with Gasteiger partial charge in [-0.25, -0.2) is 9.07 Å². The zero-order chi connectivity index (χ0) is 20.2. The van der Waals surface area contributed by atoms with Crippen LogP contribution in [0.1, 0.15) is 21.7 Å². The van der Waals surface area contributed by atoms with Crippen molar-refractivity contribution in [3.63, 3.8) is 0 Å². The minimum Gasteiger partial charge on any atom is -0.376 e. The van der Waals surface area contributed by atoms with E-state index in [-0.39, 0.29) is 36.1 Å². The molecule has 1 aromatic carbocycles. The molecule has 0 saturated heterocycles. The highest BCUT2D eigenvalue weighted by Gasteiger charge is 2.16. The fourth-order valence-corrected chi connectivity index (χ4v) is 3.00. The third-order valence-electron chi connectivity index (χ3n) is 4.55. The second-order valence-corrected chi connectivity index (χ2v) is 6.55. The highest BCUT2D eigenvalue weighted by atomic mass is 19.1. The summed E-state index contributed by atoms with van der Waals surface area (Å²) >= 11 is 0. The maximum atomic E-state index is 13.1. The van der Waals surface area contributed by atoms with Crippen molar-refractivity contribution in [1.82, 2.24) is 25.3 Å². The molecule has 3 aromatic rings. The molecule has 0 unspecified atom stereocenters. The zero-order valence-electron chi connectivity index (χ0n) is 15.5. The van der Waals surface area contributed by atoms with E-state index in [2.05, 4.69) is 20.6 Å². The molecule has 148 valence electrons. The fraction of sp³-hybridized carbons (Fsp3) is 0.250. The average Bonchev–Trinajstić information content (AvgIpc) is 2.75. The Morgan fingerprint density at radius 2 is 2.00 bits per heavy atom. The first-order valence-electron chi connectivity index (χ1n) is 9.16. The van der Waals surface area contributed by atoms with Crippen LogP contribution in [0.4, 0.5) is 4.39 Å². The lowest BCUT2D eigenvalue weighted by molar-refractivity contribution is 0.0941. The molecule has 3 heterocycles. The van der Waals surface area contributed by atoms with Crippen LogP contribution >= 0.6 is 0 Å². The first-order valence-corrected chi connectivity index (χ1v) is 9.16. The van der Waals surface area contributed by atoms with E-state index in [0.717, 1.165) is 11.3 Å². The van der Waals surface area contributed by atoms with Gasteiger partial charge in [-0.1, -0.05) is 0 Å². The normalized spacial score (nSPS) is 13.0. The fourth-order valence-electron chi connectivity index (χ4n) is 3.00. The summed E-state index contributed by atoms with van der Waals surface area (Å²) in [4.78, 5) is 24.4. The quantitative estimate of drug-likeness (QED) is 0.700. The summed E-state index contributed by atoms with van der Waals surface area (Å²) < 4.78 is 19.7. The number of hydrogen-bond acceptors (Lipinski definition) is 6. The van der Waals surface area contributed by atoms with E-state index in [0.29, 0.717) is 30.9 Å². The topological polar surface area (TPSA) is 99.0 Å². The molecular weight excluding hydrogens is 377 g/mol. The molecular formula is C20H18FN5O3. The molecule has 0 saturated carbocycles. The lowest BCUT2D eigenvalue weighted by Crippen LogP contribution is -2.32. The molecule has 0 bridgehead atoms. The zero-order valence-corrected chi connectivity index (χ0v) is 15.5. The van der Waals surface area contributed by atoms with E-state index >= 15 is 0 Å². The number of nitrogens with one attached hydrogen (secondary N) is 1. The number of fused-ring (bicyclic) bond motifs is 1. The molecule has 0 fully saturated rings. The van der Waals surface area contributed by atoms with Crippen LogP contribution in [0.25, 0.3) is 11.3 Å². The van der Waals surface area contributed by atoms with Crippen molar-refractivity contribution in [3.05, 3.63) is 75.6 Å². The third kappa shape index (κ3) is 4.35. The molecule has 29 heavy (non-hydrogen) atoms. The Hall–Kier alpha value is -3.46. The molecule has 1 aliphatic heterocycles. The van der Waals surface area contributed by atoms with Crippen molar-refractivity contribution in [3.8, 4) is 11.3 Å². The Bertz CT molecular complexity index is 1100. The molecule has 0 spiro atoms. The smallest absolute Gasteiger partial charge is 0.271 e. The van der Waals surface area contributed by atoms with Crippen LogP contribution in [-0.4, -0.2) is 39.0 Å². The maximum absolute atomic E-state index is 13.1. The van der Waals surface area contributed by atoms with Gasteiger partial charge in [-0.3, -0.25) is 9.59 Å². The number of carbonyl (C=O) groups is 1. The molecule has 0 radical (unpaired) electrons. The van der Waals surface area contributed by atoms with Crippen molar-refractivity contribution in [2.75, 3.05) is 13.2 Å². The van der Waals surface area contributed by atoms with Gasteiger partial charge in [-0.2, -0.15) is 10.2 Å². The van der Waals surface area contributed by atoms with E-state index in [1.807, 2.05) is 0 Å². The monoisotopic (exact) mass is 395 g/mol. The van der Waals surface area contributed by atoms with Crippen molar-refractivity contribution in [2.45, 2.75) is 19.6 Å². The van der Waals surface area contributed by atoms with Gasteiger partial charge in [-0.15, -0.1) is 5.10 Å². The van der Waals surface area contributed by atoms with E-state index in [4.69, 9.17) is 4.74 Å². The highest BCUT2D eigenvalue weighted by molar-refractivity contribution is 5.92. The summed E-state index contributed by atoms with van der Waals surface area (Å²) in [5, 5.41) is 15.1. The lowest BCUT2D eigenvalue weighted by atomic mass is 10.1. The number of ether oxygens (including phenoxy) is 1. The number of amides is 1. The highest BCUT2D eigenvalue weighted by Crippen LogP contribution is 2.16. The van der Waals surface area contributed by atoms with Crippen LogP contribution in [0.5, 0.6) is 0 Å². The van der Waals surface area contributed by atoms with Crippen molar-refractivity contribution < 1.29 is 13.9 Å². The van der Waals surface area contributed by atoms with E-state index in [1.54, 1.807) is 24.3 Å². The number of nitrogens with zero attached hydrogens (tertiary/aromatic N) is 4. The van der Waals surface area contributed by atoms with Gasteiger partial charge in [0.15, 0.2) is 5.69 Å². The number of hydrogen-bond donors (Lipinski definition) is 1. The number of carbonyl (C=O) groups excluding carboxylic acids is 1. The van der Waals surface area contributed by atoms with Gasteiger partial charge in [0.05, 0.1) is 31.1 Å². The van der Waals surface area contributed by atoms with Gasteiger partial charge in [0.25, 0.3) is 11.5 Å². The second kappa shape index (κ2) is 8.27. The van der Waals surface area contributed by atoms with Gasteiger partial charge in [-0.05, 0) is 36.4 Å². The molecule has 9 heteroatoms. The van der Waals surface area contributed by atoms with E-state index in [9.17, 15) is 14.0 Å². The summed E-state index contributed by atoms with van der Waals surface area (Å²) in [6, 6.07) is 10.5. The van der Waals surface area contributed by atoms with Crippen molar-refractivity contribution in [2.24, 2.45) is 0 Å². The minimum atomic E-state index is -0.381. The summed E-state index contributed by atoms with van der Waals surface area (Å²) in [7, 11) is 0. The van der Waals surface area contributed by atoms with Gasteiger partial charge in [0, 0.05) is 30.2 Å². The van der Waals surface area contributed by atoms with Crippen molar-refractivity contribution in [1.29, 1.82) is 0 Å². The number of aromatic nitrogens is 4. The predicted molar refractivity (Wildman–Crippen MR) is 102 cm³/mol. The lowest BCUT2D eigenvalue weighted by Gasteiger charge is -2.15. The summed E-state index contributed by atoms with van der Waals surface area (Å²) in [5.74, 6) is -0.727. The summed E-state index contributed by atoms with van der Waals surface area (Å²) in [5.41, 5.74) is 2.85. The van der Waals surface area contributed by atoms with Gasteiger partial charge in [0.2, 0.25) is 0 Å². The first kappa shape index (κ1) is 18.9. The summed E-state index contributed by atoms with van der Waals surface area (Å²) in [6.07, 6.45) is 0.684. The van der Waals surface area contributed by atoms with Crippen LogP contribution in [0.3, 0.4) is 0 Å². The van der Waals surface area contributed by atoms with Gasteiger partial charge < -0.3 is 10.1 Å². The Labute approximate surface area is 165 Å². The van der Waals surface area contributed by atoms with Crippen LogP contribution in [0.2, 0.25) is 0 Å². The Morgan fingerprint density at radius 3 is 2.83 bits per heavy atom. The molecule has 1 aliphatic rings. The molecule has 2 aromatic heterocycles. The Kier molecular flexibility index (Phi) is 5.39. The SMILES string of the molecule is O=C(NCCn1nc(-c2ccc(F)cc2)ccc1=O)c1cc2c(nn1)CCOC2. The Balaban J connectivity index is 1.41. The van der Waals surface area contributed by atoms with Gasteiger partial charge >= 0.3 is 0 Å². The van der Waals surface area contributed by atoms with E-state index in [1.165, 1.54) is 22.9 Å². The van der Waals surface area contributed by atoms with Crippen LogP contribution in [0.15, 0.2) is 47.3 Å². The number of halogens is 1. The molecule has 0 atom stereocenters. The largest absolute Gasteiger partial charge is 0.376 e. The predicted octanol–water partition coefficient (Wildman–Crippen LogP) is 1.34. The Morgan fingerprint density at radius 1 is 1.17 bits per heavy atom. The van der Waals surface area contributed by atoms with Gasteiger partial charge in [0.1, 0.15) is 5.82 Å². The molecule has 1 amide bonds. The molecule has 0 aliphatic carbocycles. The maximum Gasteiger partial charge on any atom is 0.271 e. The molecule has 8 nitrogen and oxygen atoms in total. The standard InChI is InChI=1S/C20H18FN5O3/c21-15-3-1-13(2-4-15)17-5-6-19(27)26(25-17)9-8-22-20(28)18-11-14-12-29-10-7-16(14)23-24-18/h1-6,11H,7-10,12H2,(H,22,28).